The normalized spacial score (nSPS) is 20.3. The summed E-state index contributed by atoms with van der Waals surface area (Å²) in [4.78, 5) is 12.7. The maximum Gasteiger partial charge on any atom is 0.120 e. The second-order valence-corrected chi connectivity index (χ2v) is 4.04. The first-order valence-corrected chi connectivity index (χ1v) is 6.03. The topological polar surface area (TPSA) is 32.3 Å². The monoisotopic (exact) mass is 214 g/mol. The molecule has 1 fully saturated rings. The van der Waals surface area contributed by atoms with Crippen molar-refractivity contribution in [1.29, 1.82) is 0 Å². The van der Waals surface area contributed by atoms with Gasteiger partial charge in [-0.15, -0.1) is 0 Å². The van der Waals surface area contributed by atoms with Gasteiger partial charge in [-0.2, -0.15) is 0 Å². The van der Waals surface area contributed by atoms with Gasteiger partial charge in [-0.25, -0.2) is 0 Å². The SMILES string of the molecule is CC.CNC1(CCC=O)CCN(C)CC1. The Balaban J connectivity index is 0.000000921. The van der Waals surface area contributed by atoms with Crippen molar-refractivity contribution in [3.8, 4) is 0 Å². The van der Waals surface area contributed by atoms with E-state index in [0.717, 1.165) is 38.6 Å². The standard InChI is InChI=1S/C10H20N2O.C2H6/c1-11-10(4-3-9-13)5-7-12(2)8-6-10;1-2/h9,11H,3-8H2,1-2H3;1-2H3. The molecule has 0 aromatic rings. The van der Waals surface area contributed by atoms with Crippen LogP contribution in [0.1, 0.15) is 39.5 Å². The number of carbonyl (C=O) groups is 1. The Labute approximate surface area is 94.2 Å². The Kier molecular flexibility index (Phi) is 7.61. The molecule has 1 rings (SSSR count). The van der Waals surface area contributed by atoms with Crippen molar-refractivity contribution in [1.82, 2.24) is 10.2 Å². The first-order chi connectivity index (χ1) is 7.22. The summed E-state index contributed by atoms with van der Waals surface area (Å²) in [5.41, 5.74) is 0.230. The molecule has 1 saturated heterocycles. The molecule has 1 N–H and O–H groups in total. The molecule has 90 valence electrons. The van der Waals surface area contributed by atoms with E-state index in [1.807, 2.05) is 20.9 Å². The predicted molar refractivity (Wildman–Crippen MR) is 65.2 cm³/mol. The Hall–Kier alpha value is -0.410. The van der Waals surface area contributed by atoms with E-state index in [0.29, 0.717) is 6.42 Å². The van der Waals surface area contributed by atoms with Gasteiger partial charge in [0.15, 0.2) is 0 Å². The van der Waals surface area contributed by atoms with E-state index in [-0.39, 0.29) is 5.54 Å². The fraction of sp³-hybridized carbons (Fsp3) is 0.917. The van der Waals surface area contributed by atoms with Crippen LogP contribution in [0.2, 0.25) is 0 Å². The molecule has 0 unspecified atom stereocenters. The number of aldehydes is 1. The van der Waals surface area contributed by atoms with Gasteiger partial charge >= 0.3 is 0 Å². The number of hydrogen-bond acceptors (Lipinski definition) is 3. The lowest BCUT2D eigenvalue weighted by Crippen LogP contribution is -2.51. The summed E-state index contributed by atoms with van der Waals surface area (Å²) < 4.78 is 0. The van der Waals surface area contributed by atoms with Crippen LogP contribution in [0.15, 0.2) is 0 Å². The maximum absolute atomic E-state index is 10.3. The lowest BCUT2D eigenvalue weighted by atomic mass is 9.84. The second-order valence-electron chi connectivity index (χ2n) is 4.04. The third-order valence-corrected chi connectivity index (χ3v) is 3.22. The number of nitrogens with one attached hydrogen (secondary N) is 1. The third kappa shape index (κ3) is 4.76. The van der Waals surface area contributed by atoms with Crippen molar-refractivity contribution in [3.63, 3.8) is 0 Å². The lowest BCUT2D eigenvalue weighted by Gasteiger charge is -2.40. The van der Waals surface area contributed by atoms with Crippen molar-refractivity contribution in [2.24, 2.45) is 0 Å². The van der Waals surface area contributed by atoms with Crippen molar-refractivity contribution in [3.05, 3.63) is 0 Å². The molecule has 3 heteroatoms. The Morgan fingerprint density at radius 1 is 1.33 bits per heavy atom. The van der Waals surface area contributed by atoms with E-state index in [9.17, 15) is 4.79 Å². The summed E-state index contributed by atoms with van der Waals surface area (Å²) in [5.74, 6) is 0. The first-order valence-electron chi connectivity index (χ1n) is 6.03. The maximum atomic E-state index is 10.3. The zero-order chi connectivity index (χ0) is 11.7. The van der Waals surface area contributed by atoms with Crippen molar-refractivity contribution < 1.29 is 4.79 Å². The van der Waals surface area contributed by atoms with Gasteiger partial charge in [-0.1, -0.05) is 13.8 Å². The molecule has 1 heterocycles. The molecule has 3 nitrogen and oxygen atoms in total. The van der Waals surface area contributed by atoms with Crippen LogP contribution >= 0.6 is 0 Å². The lowest BCUT2D eigenvalue weighted by molar-refractivity contribution is -0.108. The highest BCUT2D eigenvalue weighted by Gasteiger charge is 2.31. The predicted octanol–water partition coefficient (Wildman–Crippen LogP) is 1.68. The molecule has 0 radical (unpaired) electrons. The molecule has 0 bridgehead atoms. The molecular formula is C12H26N2O. The zero-order valence-corrected chi connectivity index (χ0v) is 10.7. The van der Waals surface area contributed by atoms with E-state index in [1.165, 1.54) is 0 Å². The van der Waals surface area contributed by atoms with Crippen molar-refractivity contribution in [2.45, 2.75) is 45.1 Å². The van der Waals surface area contributed by atoms with E-state index in [4.69, 9.17) is 0 Å². The molecule has 0 atom stereocenters. The summed E-state index contributed by atoms with van der Waals surface area (Å²) >= 11 is 0. The van der Waals surface area contributed by atoms with Crippen LogP contribution in [-0.4, -0.2) is 43.9 Å². The van der Waals surface area contributed by atoms with Crippen LogP contribution in [0, 0.1) is 0 Å². The number of nitrogens with zero attached hydrogens (tertiary/aromatic N) is 1. The van der Waals surface area contributed by atoms with Gasteiger partial charge in [0.25, 0.3) is 0 Å². The summed E-state index contributed by atoms with van der Waals surface area (Å²) in [6.45, 7) is 6.28. The van der Waals surface area contributed by atoms with Gasteiger partial charge in [-0.3, -0.25) is 0 Å². The molecule has 0 amide bonds. The molecule has 0 saturated carbocycles. The quantitative estimate of drug-likeness (QED) is 0.723. The molecular weight excluding hydrogens is 188 g/mol. The number of carbonyl (C=O) groups excluding carboxylic acids is 1. The van der Waals surface area contributed by atoms with Gasteiger partial charge < -0.3 is 15.0 Å². The van der Waals surface area contributed by atoms with Crippen molar-refractivity contribution in [2.75, 3.05) is 27.2 Å². The van der Waals surface area contributed by atoms with Crippen LogP contribution < -0.4 is 5.32 Å². The fourth-order valence-electron chi connectivity index (χ4n) is 2.01. The van der Waals surface area contributed by atoms with E-state index in [2.05, 4.69) is 17.3 Å². The highest BCUT2D eigenvalue weighted by molar-refractivity contribution is 5.49. The van der Waals surface area contributed by atoms with Gasteiger partial charge in [0, 0.05) is 12.0 Å². The van der Waals surface area contributed by atoms with Gasteiger partial charge in [0.05, 0.1) is 0 Å². The summed E-state index contributed by atoms with van der Waals surface area (Å²) in [7, 11) is 4.16. The minimum Gasteiger partial charge on any atom is -0.314 e. The number of rotatable bonds is 4. The molecule has 1 aliphatic rings. The molecule has 0 aromatic heterocycles. The first kappa shape index (κ1) is 14.6. The van der Waals surface area contributed by atoms with Gasteiger partial charge in [0.1, 0.15) is 6.29 Å². The highest BCUT2D eigenvalue weighted by atomic mass is 16.1. The Morgan fingerprint density at radius 3 is 2.27 bits per heavy atom. The third-order valence-electron chi connectivity index (χ3n) is 3.22. The van der Waals surface area contributed by atoms with E-state index < -0.39 is 0 Å². The number of hydrogen-bond donors (Lipinski definition) is 1. The van der Waals surface area contributed by atoms with Crippen LogP contribution in [0.25, 0.3) is 0 Å². The van der Waals surface area contributed by atoms with E-state index in [1.54, 1.807) is 0 Å². The second kappa shape index (κ2) is 7.83. The number of piperidine rings is 1. The number of likely N-dealkylation sites (tertiary alicyclic amines) is 1. The largest absolute Gasteiger partial charge is 0.314 e. The van der Waals surface area contributed by atoms with Crippen LogP contribution in [0.3, 0.4) is 0 Å². The summed E-state index contributed by atoms with van der Waals surface area (Å²) in [6, 6.07) is 0. The smallest absolute Gasteiger partial charge is 0.120 e. The molecule has 0 aromatic carbocycles. The van der Waals surface area contributed by atoms with E-state index >= 15 is 0 Å². The molecule has 0 aliphatic carbocycles. The molecule has 0 spiro atoms. The zero-order valence-electron chi connectivity index (χ0n) is 10.7. The Morgan fingerprint density at radius 2 is 1.87 bits per heavy atom. The summed E-state index contributed by atoms with van der Waals surface area (Å²) in [5, 5.41) is 3.39. The average Bonchev–Trinajstić information content (AvgIpc) is 2.32. The van der Waals surface area contributed by atoms with Crippen LogP contribution in [-0.2, 0) is 4.79 Å². The average molecular weight is 214 g/mol. The van der Waals surface area contributed by atoms with Crippen LogP contribution in [0.4, 0.5) is 0 Å². The van der Waals surface area contributed by atoms with Crippen LogP contribution in [0.5, 0.6) is 0 Å². The minimum atomic E-state index is 0.230. The minimum absolute atomic E-state index is 0.230. The highest BCUT2D eigenvalue weighted by Crippen LogP contribution is 2.25. The molecule has 1 aliphatic heterocycles. The fourth-order valence-corrected chi connectivity index (χ4v) is 2.01. The van der Waals surface area contributed by atoms with Crippen molar-refractivity contribution >= 4 is 6.29 Å². The molecule has 15 heavy (non-hydrogen) atoms. The van der Waals surface area contributed by atoms with Gasteiger partial charge in [-0.05, 0) is 46.4 Å². The van der Waals surface area contributed by atoms with Gasteiger partial charge in [0.2, 0.25) is 0 Å². The Bertz CT molecular complexity index is 163. The summed E-state index contributed by atoms with van der Waals surface area (Å²) in [6.07, 6.45) is 5.02.